The minimum absolute atomic E-state index is 0.0717. The molecule has 2 rings (SSSR count). The number of benzene rings is 2. The van der Waals surface area contributed by atoms with Gasteiger partial charge in [0, 0.05) is 18.2 Å². The van der Waals surface area contributed by atoms with Crippen molar-refractivity contribution in [1.82, 2.24) is 0 Å². The molecule has 21 heavy (non-hydrogen) atoms. The zero-order valence-electron chi connectivity index (χ0n) is 10.4. The molecule has 108 valence electrons. The van der Waals surface area contributed by atoms with E-state index in [1.807, 2.05) is 0 Å². The molecule has 7 heteroatoms. The van der Waals surface area contributed by atoms with Crippen LogP contribution >= 0.6 is 0 Å². The van der Waals surface area contributed by atoms with Crippen LogP contribution in [0, 0.1) is 40.4 Å². The van der Waals surface area contributed by atoms with Crippen LogP contribution in [0.4, 0.5) is 27.6 Å². The maximum atomic E-state index is 13.7. The first-order valence-corrected chi connectivity index (χ1v) is 5.70. The molecule has 2 aromatic rings. The third-order valence-electron chi connectivity index (χ3n) is 2.77. The predicted octanol–water partition coefficient (Wildman–Crippen LogP) is 3.87. The van der Waals surface area contributed by atoms with E-state index in [-0.39, 0.29) is 17.2 Å². The Bertz CT molecular complexity index is 711. The summed E-state index contributed by atoms with van der Waals surface area (Å²) in [4.78, 5) is 0. The molecule has 0 fully saturated rings. The first-order valence-electron chi connectivity index (χ1n) is 5.70. The van der Waals surface area contributed by atoms with E-state index in [9.17, 15) is 22.0 Å². The Balaban J connectivity index is 2.32. The molecule has 0 aliphatic carbocycles. The van der Waals surface area contributed by atoms with E-state index in [0.29, 0.717) is 0 Å². The number of rotatable bonds is 3. The monoisotopic (exact) mass is 298 g/mol. The number of nitrogens with zero attached hydrogens (tertiary/aromatic N) is 1. The van der Waals surface area contributed by atoms with E-state index in [0.717, 1.165) is 0 Å². The molecule has 0 amide bonds. The van der Waals surface area contributed by atoms with Crippen LogP contribution in [0.3, 0.4) is 0 Å². The number of anilines is 1. The zero-order valence-corrected chi connectivity index (χ0v) is 10.4. The molecule has 0 saturated carbocycles. The molecule has 0 heterocycles. The predicted molar refractivity (Wildman–Crippen MR) is 64.7 cm³/mol. The van der Waals surface area contributed by atoms with Gasteiger partial charge in [0.1, 0.15) is 17.6 Å². The lowest BCUT2D eigenvalue weighted by molar-refractivity contribution is 0.458. The van der Waals surface area contributed by atoms with Gasteiger partial charge in [0.2, 0.25) is 0 Å². The van der Waals surface area contributed by atoms with Crippen LogP contribution in [-0.2, 0) is 6.54 Å². The highest BCUT2D eigenvalue weighted by Crippen LogP contribution is 2.25. The second-order valence-electron chi connectivity index (χ2n) is 4.09. The van der Waals surface area contributed by atoms with Crippen LogP contribution in [0.2, 0.25) is 0 Å². The molecule has 0 atom stereocenters. The molecule has 1 N–H and O–H groups in total. The van der Waals surface area contributed by atoms with Gasteiger partial charge in [-0.05, 0) is 6.07 Å². The summed E-state index contributed by atoms with van der Waals surface area (Å²) < 4.78 is 66.5. The van der Waals surface area contributed by atoms with E-state index in [1.54, 1.807) is 6.07 Å². The average molecular weight is 298 g/mol. The van der Waals surface area contributed by atoms with E-state index >= 15 is 0 Å². The van der Waals surface area contributed by atoms with Gasteiger partial charge in [0.05, 0.1) is 5.56 Å². The highest BCUT2D eigenvalue weighted by atomic mass is 19.2. The van der Waals surface area contributed by atoms with Crippen LogP contribution < -0.4 is 5.32 Å². The quantitative estimate of drug-likeness (QED) is 0.690. The van der Waals surface area contributed by atoms with E-state index < -0.39 is 41.3 Å². The van der Waals surface area contributed by atoms with E-state index in [4.69, 9.17) is 5.26 Å². The van der Waals surface area contributed by atoms with Gasteiger partial charge in [-0.3, -0.25) is 0 Å². The maximum absolute atomic E-state index is 13.7. The lowest BCUT2D eigenvalue weighted by atomic mass is 10.1. The summed E-state index contributed by atoms with van der Waals surface area (Å²) >= 11 is 0. The van der Waals surface area contributed by atoms with E-state index in [1.165, 1.54) is 18.2 Å². The van der Waals surface area contributed by atoms with Crippen molar-refractivity contribution in [3.63, 3.8) is 0 Å². The summed E-state index contributed by atoms with van der Waals surface area (Å²) in [6, 6.07) is 5.55. The van der Waals surface area contributed by atoms with Crippen LogP contribution in [0.15, 0.2) is 24.3 Å². The standard InChI is InChI=1S/C14H7F5N2/c15-9-4-10(16)13(19)14(12(9)18)21-6-8-3-1-2-7(5-20)11(8)17/h1-4,21H,6H2. The fraction of sp³-hybridized carbons (Fsp3) is 0.0714. The van der Waals surface area contributed by atoms with Crippen molar-refractivity contribution in [3.8, 4) is 6.07 Å². The van der Waals surface area contributed by atoms with Gasteiger partial charge in [-0.2, -0.15) is 5.26 Å². The molecule has 0 aromatic heterocycles. The average Bonchev–Trinajstić information content (AvgIpc) is 2.46. The Morgan fingerprint density at radius 2 is 1.57 bits per heavy atom. The Kier molecular flexibility index (Phi) is 4.08. The largest absolute Gasteiger partial charge is 0.376 e. The van der Waals surface area contributed by atoms with Crippen molar-refractivity contribution in [2.24, 2.45) is 0 Å². The molecule has 2 aromatic carbocycles. The molecule has 0 aliphatic rings. The van der Waals surface area contributed by atoms with Crippen molar-refractivity contribution in [2.45, 2.75) is 6.54 Å². The van der Waals surface area contributed by atoms with Crippen molar-refractivity contribution >= 4 is 5.69 Å². The summed E-state index contributed by atoms with van der Waals surface area (Å²) in [5, 5.41) is 10.8. The highest BCUT2D eigenvalue weighted by Gasteiger charge is 2.19. The first kappa shape index (κ1) is 14.8. The molecule has 0 bridgehead atoms. The molecule has 0 unspecified atom stereocenters. The number of nitrogens with one attached hydrogen (secondary N) is 1. The van der Waals surface area contributed by atoms with Crippen molar-refractivity contribution in [3.05, 3.63) is 64.5 Å². The molecular formula is C14H7F5N2. The van der Waals surface area contributed by atoms with Crippen LogP contribution in [0.5, 0.6) is 0 Å². The number of hydrogen-bond acceptors (Lipinski definition) is 2. The van der Waals surface area contributed by atoms with Gasteiger partial charge >= 0.3 is 0 Å². The molecule has 2 nitrogen and oxygen atoms in total. The summed E-state index contributed by atoms with van der Waals surface area (Å²) in [6.07, 6.45) is 0. The van der Waals surface area contributed by atoms with Gasteiger partial charge in [-0.25, -0.2) is 22.0 Å². The Hall–Kier alpha value is -2.62. The van der Waals surface area contributed by atoms with Crippen molar-refractivity contribution in [2.75, 3.05) is 5.32 Å². The van der Waals surface area contributed by atoms with Crippen LogP contribution in [0.25, 0.3) is 0 Å². The Labute approximate surface area is 116 Å². The minimum Gasteiger partial charge on any atom is -0.376 e. The second-order valence-corrected chi connectivity index (χ2v) is 4.09. The Morgan fingerprint density at radius 1 is 0.952 bits per heavy atom. The second kappa shape index (κ2) is 5.79. The summed E-state index contributed by atoms with van der Waals surface area (Å²) in [5.74, 6) is -7.22. The lowest BCUT2D eigenvalue weighted by Gasteiger charge is -2.11. The molecule has 0 aliphatic heterocycles. The highest BCUT2D eigenvalue weighted by molar-refractivity contribution is 5.48. The smallest absolute Gasteiger partial charge is 0.185 e. The van der Waals surface area contributed by atoms with E-state index in [2.05, 4.69) is 5.32 Å². The normalized spacial score (nSPS) is 10.3. The van der Waals surface area contributed by atoms with Crippen molar-refractivity contribution in [1.29, 1.82) is 5.26 Å². The number of nitriles is 1. The summed E-state index contributed by atoms with van der Waals surface area (Å²) in [6.45, 7) is -0.446. The fourth-order valence-electron chi connectivity index (χ4n) is 1.71. The third kappa shape index (κ3) is 2.79. The lowest BCUT2D eigenvalue weighted by Crippen LogP contribution is -2.08. The van der Waals surface area contributed by atoms with Crippen molar-refractivity contribution < 1.29 is 22.0 Å². The zero-order chi connectivity index (χ0) is 15.6. The van der Waals surface area contributed by atoms with Gasteiger partial charge in [0.15, 0.2) is 23.3 Å². The van der Waals surface area contributed by atoms with Gasteiger partial charge in [-0.1, -0.05) is 12.1 Å². The first-order chi connectivity index (χ1) is 9.95. The van der Waals surface area contributed by atoms with Crippen LogP contribution in [0.1, 0.15) is 11.1 Å². The molecular weight excluding hydrogens is 291 g/mol. The topological polar surface area (TPSA) is 35.8 Å². The minimum atomic E-state index is -1.61. The third-order valence-corrected chi connectivity index (χ3v) is 2.77. The van der Waals surface area contributed by atoms with Crippen LogP contribution in [-0.4, -0.2) is 0 Å². The summed E-state index contributed by atoms with van der Waals surface area (Å²) in [7, 11) is 0. The van der Waals surface area contributed by atoms with Gasteiger partial charge in [-0.15, -0.1) is 0 Å². The number of halogens is 5. The van der Waals surface area contributed by atoms with Gasteiger partial charge in [0.25, 0.3) is 0 Å². The molecule has 0 saturated heterocycles. The summed E-state index contributed by atoms with van der Waals surface area (Å²) in [5.41, 5.74) is -1.35. The SMILES string of the molecule is N#Cc1cccc(CNc2c(F)c(F)cc(F)c2F)c1F. The maximum Gasteiger partial charge on any atom is 0.185 e. The molecule has 0 radical (unpaired) electrons. The number of hydrogen-bond donors (Lipinski definition) is 1. The van der Waals surface area contributed by atoms with Gasteiger partial charge < -0.3 is 5.32 Å². The fourth-order valence-corrected chi connectivity index (χ4v) is 1.71. The molecule has 0 spiro atoms. The Morgan fingerprint density at radius 3 is 2.14 bits per heavy atom.